The van der Waals surface area contributed by atoms with E-state index in [1.807, 2.05) is 18.2 Å². The van der Waals surface area contributed by atoms with Gasteiger partial charge in [0.05, 0.1) is 5.52 Å². The fourth-order valence-electron chi connectivity index (χ4n) is 1.63. The van der Waals surface area contributed by atoms with E-state index in [1.54, 1.807) is 7.05 Å². The number of benzene rings is 1. The predicted molar refractivity (Wildman–Crippen MR) is 65.4 cm³/mol. The third-order valence-electron chi connectivity index (χ3n) is 2.48. The summed E-state index contributed by atoms with van der Waals surface area (Å²) in [6.07, 6.45) is 0. The van der Waals surface area contributed by atoms with Crippen molar-refractivity contribution in [1.29, 1.82) is 0 Å². The lowest BCUT2D eigenvalue weighted by molar-refractivity contribution is 0.0998. The van der Waals surface area contributed by atoms with Gasteiger partial charge in [0, 0.05) is 16.9 Å². The number of carbonyl (C=O) groups excluding carboxylic acids is 1. The number of pyridine rings is 1. The van der Waals surface area contributed by atoms with Gasteiger partial charge in [0.25, 0.3) is 11.5 Å². The summed E-state index contributed by atoms with van der Waals surface area (Å²) >= 11 is 3.37. The minimum absolute atomic E-state index is 0.00176. The van der Waals surface area contributed by atoms with E-state index in [4.69, 9.17) is 5.73 Å². The molecule has 82 valence electrons. The highest BCUT2D eigenvalue weighted by atomic mass is 79.9. The Morgan fingerprint density at radius 1 is 1.44 bits per heavy atom. The van der Waals surface area contributed by atoms with Crippen molar-refractivity contribution >= 4 is 32.7 Å². The lowest BCUT2D eigenvalue weighted by atomic mass is 10.1. The standard InChI is InChI=1S/C11H9BrN2O2/c1-14-9-4-2-3-8(12)6(9)5-7(10(13)15)11(14)16/h2-5H,1H3,(H2,13,15). The number of nitrogens with two attached hydrogens (primary N) is 1. The molecule has 2 N–H and O–H groups in total. The summed E-state index contributed by atoms with van der Waals surface area (Å²) in [6, 6.07) is 7.00. The van der Waals surface area contributed by atoms with Crippen molar-refractivity contribution in [3.8, 4) is 0 Å². The van der Waals surface area contributed by atoms with Crippen LogP contribution in [0, 0.1) is 0 Å². The van der Waals surface area contributed by atoms with Crippen LogP contribution in [0.3, 0.4) is 0 Å². The fourth-order valence-corrected chi connectivity index (χ4v) is 2.10. The Balaban J connectivity index is 3.00. The summed E-state index contributed by atoms with van der Waals surface area (Å²) in [7, 11) is 1.61. The zero-order valence-corrected chi connectivity index (χ0v) is 10.1. The Morgan fingerprint density at radius 3 is 2.75 bits per heavy atom. The van der Waals surface area contributed by atoms with Crippen molar-refractivity contribution in [2.24, 2.45) is 12.8 Å². The number of primary amides is 1. The van der Waals surface area contributed by atoms with Crippen molar-refractivity contribution in [2.45, 2.75) is 0 Å². The summed E-state index contributed by atoms with van der Waals surface area (Å²) in [6.45, 7) is 0. The molecular weight excluding hydrogens is 272 g/mol. The first kappa shape index (κ1) is 10.9. The van der Waals surface area contributed by atoms with Crippen LogP contribution in [0.15, 0.2) is 33.5 Å². The van der Waals surface area contributed by atoms with Gasteiger partial charge in [-0.2, -0.15) is 0 Å². The third-order valence-corrected chi connectivity index (χ3v) is 3.17. The van der Waals surface area contributed by atoms with Crippen molar-refractivity contribution in [1.82, 2.24) is 4.57 Å². The molecule has 0 saturated carbocycles. The van der Waals surface area contributed by atoms with Crippen LogP contribution in [0.25, 0.3) is 10.9 Å². The number of aryl methyl sites for hydroxylation is 1. The van der Waals surface area contributed by atoms with Crippen LogP contribution >= 0.6 is 15.9 Å². The maximum Gasteiger partial charge on any atom is 0.263 e. The second-order valence-corrected chi connectivity index (χ2v) is 4.31. The molecular formula is C11H9BrN2O2. The van der Waals surface area contributed by atoms with Crippen molar-refractivity contribution < 1.29 is 4.79 Å². The van der Waals surface area contributed by atoms with Crippen LogP contribution in [0.2, 0.25) is 0 Å². The number of hydrogen-bond donors (Lipinski definition) is 1. The SMILES string of the molecule is Cn1c(=O)c(C(N)=O)cc2c(Br)cccc21. The number of nitrogens with zero attached hydrogens (tertiary/aromatic N) is 1. The Bertz CT molecular complexity index is 646. The largest absolute Gasteiger partial charge is 0.365 e. The summed E-state index contributed by atoms with van der Waals surface area (Å²) in [5, 5.41) is 0.790. The number of carbonyl (C=O) groups is 1. The van der Waals surface area contributed by atoms with Crippen molar-refractivity contribution in [3.05, 3.63) is 44.7 Å². The lowest BCUT2D eigenvalue weighted by Gasteiger charge is -2.07. The second-order valence-electron chi connectivity index (χ2n) is 3.46. The summed E-state index contributed by atoms with van der Waals surface area (Å²) in [4.78, 5) is 22.9. The van der Waals surface area contributed by atoms with Gasteiger partial charge in [-0.05, 0) is 18.2 Å². The molecule has 2 aromatic rings. The van der Waals surface area contributed by atoms with Gasteiger partial charge in [-0.3, -0.25) is 9.59 Å². The monoisotopic (exact) mass is 280 g/mol. The average Bonchev–Trinajstić information content (AvgIpc) is 2.23. The predicted octanol–water partition coefficient (Wildman–Crippen LogP) is 1.40. The van der Waals surface area contributed by atoms with Crippen LogP contribution in [0.1, 0.15) is 10.4 Å². The van der Waals surface area contributed by atoms with E-state index in [0.717, 1.165) is 15.4 Å². The van der Waals surface area contributed by atoms with Gasteiger partial charge in [-0.15, -0.1) is 0 Å². The molecule has 0 aliphatic carbocycles. The summed E-state index contributed by atoms with van der Waals surface area (Å²) in [5.41, 5.74) is 5.54. The Hall–Kier alpha value is -1.62. The smallest absolute Gasteiger partial charge is 0.263 e. The summed E-state index contributed by atoms with van der Waals surface area (Å²) in [5.74, 6) is -0.710. The molecule has 0 spiro atoms. The van der Waals surface area contributed by atoms with Crippen LogP contribution in [-0.2, 0) is 7.05 Å². The molecule has 0 bridgehead atoms. The maximum atomic E-state index is 11.8. The van der Waals surface area contributed by atoms with Crippen LogP contribution < -0.4 is 11.3 Å². The van der Waals surface area contributed by atoms with E-state index < -0.39 is 5.91 Å². The van der Waals surface area contributed by atoms with E-state index in [-0.39, 0.29) is 11.1 Å². The summed E-state index contributed by atoms with van der Waals surface area (Å²) < 4.78 is 2.24. The normalized spacial score (nSPS) is 10.6. The highest BCUT2D eigenvalue weighted by Gasteiger charge is 2.12. The zero-order valence-electron chi connectivity index (χ0n) is 8.53. The molecule has 0 radical (unpaired) electrons. The minimum atomic E-state index is -0.710. The van der Waals surface area contributed by atoms with Gasteiger partial charge in [0.15, 0.2) is 0 Å². The van der Waals surface area contributed by atoms with E-state index in [0.29, 0.717) is 0 Å². The van der Waals surface area contributed by atoms with Crippen molar-refractivity contribution in [2.75, 3.05) is 0 Å². The first-order valence-corrected chi connectivity index (χ1v) is 5.39. The molecule has 5 heteroatoms. The highest BCUT2D eigenvalue weighted by molar-refractivity contribution is 9.10. The maximum absolute atomic E-state index is 11.8. The topological polar surface area (TPSA) is 65.1 Å². The minimum Gasteiger partial charge on any atom is -0.365 e. The quantitative estimate of drug-likeness (QED) is 0.858. The van der Waals surface area contributed by atoms with Gasteiger partial charge < -0.3 is 10.3 Å². The molecule has 1 aromatic carbocycles. The zero-order chi connectivity index (χ0) is 11.9. The number of hydrogen-bond acceptors (Lipinski definition) is 2. The fraction of sp³-hybridized carbons (Fsp3) is 0.0909. The molecule has 0 aliphatic heterocycles. The molecule has 1 amide bonds. The van der Waals surface area contributed by atoms with Crippen LogP contribution in [0.5, 0.6) is 0 Å². The number of amides is 1. The molecule has 16 heavy (non-hydrogen) atoms. The molecule has 0 saturated heterocycles. The van der Waals surface area contributed by atoms with E-state index in [1.165, 1.54) is 10.6 Å². The molecule has 0 atom stereocenters. The highest BCUT2D eigenvalue weighted by Crippen LogP contribution is 2.22. The van der Waals surface area contributed by atoms with Gasteiger partial charge in [0.2, 0.25) is 0 Å². The lowest BCUT2D eigenvalue weighted by Crippen LogP contribution is -2.28. The van der Waals surface area contributed by atoms with E-state index >= 15 is 0 Å². The second kappa shape index (κ2) is 3.75. The van der Waals surface area contributed by atoms with Crippen LogP contribution in [0.4, 0.5) is 0 Å². The van der Waals surface area contributed by atoms with Crippen LogP contribution in [-0.4, -0.2) is 10.5 Å². The first-order valence-electron chi connectivity index (χ1n) is 4.60. The molecule has 1 aromatic heterocycles. The van der Waals surface area contributed by atoms with Gasteiger partial charge >= 0.3 is 0 Å². The third kappa shape index (κ3) is 1.53. The molecule has 2 rings (SSSR count). The molecule has 0 fully saturated rings. The van der Waals surface area contributed by atoms with E-state index in [9.17, 15) is 9.59 Å². The molecule has 4 nitrogen and oxygen atoms in total. The van der Waals surface area contributed by atoms with Gasteiger partial charge in [0.1, 0.15) is 5.56 Å². The first-order chi connectivity index (χ1) is 7.52. The molecule has 1 heterocycles. The average molecular weight is 281 g/mol. The van der Waals surface area contributed by atoms with Crippen molar-refractivity contribution in [3.63, 3.8) is 0 Å². The number of fused-ring (bicyclic) bond motifs is 1. The number of halogens is 1. The van der Waals surface area contributed by atoms with E-state index in [2.05, 4.69) is 15.9 Å². The Kier molecular flexibility index (Phi) is 2.55. The Morgan fingerprint density at radius 2 is 2.12 bits per heavy atom. The molecule has 0 aliphatic rings. The Labute approximate surface area is 99.8 Å². The number of aromatic nitrogens is 1. The molecule has 0 unspecified atom stereocenters. The van der Waals surface area contributed by atoms with Gasteiger partial charge in [-0.1, -0.05) is 22.0 Å². The van der Waals surface area contributed by atoms with Gasteiger partial charge in [-0.25, -0.2) is 0 Å². The number of rotatable bonds is 1.